The molecule has 1 saturated heterocycles. The van der Waals surface area contributed by atoms with Gasteiger partial charge in [-0.2, -0.15) is 0 Å². The molecule has 1 unspecified atom stereocenters. The largest absolute Gasteiger partial charge is 0.383 e. The van der Waals surface area contributed by atoms with E-state index in [1.54, 1.807) is 7.11 Å². The molecule has 4 aromatic rings. The van der Waals surface area contributed by atoms with Gasteiger partial charge in [-0.1, -0.05) is 33.2 Å². The second kappa shape index (κ2) is 10.5. The summed E-state index contributed by atoms with van der Waals surface area (Å²) in [7, 11) is 1.60. The van der Waals surface area contributed by atoms with E-state index in [2.05, 4.69) is 36.0 Å². The van der Waals surface area contributed by atoms with Gasteiger partial charge in [0.05, 0.1) is 16.8 Å². The van der Waals surface area contributed by atoms with Crippen molar-refractivity contribution in [3.8, 4) is 22.4 Å². The summed E-state index contributed by atoms with van der Waals surface area (Å²) < 4.78 is 6.05. The van der Waals surface area contributed by atoms with Crippen molar-refractivity contribution in [2.45, 2.75) is 26.1 Å². The van der Waals surface area contributed by atoms with Gasteiger partial charge in [0.25, 0.3) is 0 Å². The van der Waals surface area contributed by atoms with Gasteiger partial charge in [-0.15, -0.1) is 0 Å². The number of hydrogen-bond donors (Lipinski definition) is 1. The van der Waals surface area contributed by atoms with Crippen molar-refractivity contribution >= 4 is 44.3 Å². The number of hydrogen-bond acceptors (Lipinski definition) is 9. The van der Waals surface area contributed by atoms with E-state index >= 15 is 0 Å². The molecular weight excluding hydrogens is 522 g/mol. The zero-order chi connectivity index (χ0) is 25.1. The number of ether oxygens (including phenoxy) is 1. The van der Waals surface area contributed by atoms with Crippen LogP contribution in [0.4, 0.5) is 11.6 Å². The number of rotatable bonds is 6. The third-order valence-electron chi connectivity index (χ3n) is 6.14. The number of piperidine rings is 1. The summed E-state index contributed by atoms with van der Waals surface area (Å²) in [5.41, 5.74) is 11.4. The average Bonchev–Trinajstić information content (AvgIpc) is 2.91. The lowest BCUT2D eigenvalue weighted by Crippen LogP contribution is -2.34. The number of halogens is 1. The van der Waals surface area contributed by atoms with Crippen LogP contribution in [0.3, 0.4) is 0 Å². The molecule has 184 valence electrons. The Morgan fingerprint density at radius 3 is 2.61 bits per heavy atom. The van der Waals surface area contributed by atoms with Crippen molar-refractivity contribution in [3.63, 3.8) is 0 Å². The Labute approximate surface area is 217 Å². The van der Waals surface area contributed by atoms with Crippen LogP contribution in [0.15, 0.2) is 64.6 Å². The molecule has 0 bridgehead atoms. The summed E-state index contributed by atoms with van der Waals surface area (Å²) >= 11 is 3.56. The standard InChI is InChI=1S/C26H26BrN7O2/c1-16(35-2)36-33-20-8-10-34(11-9-20)23-7-6-18(14-29-23)22-13-21(17-4-3-5-19(27)12-17)24-25(28)30-15-31-26(24)32-22/h3-7,12-16H,8-11H2,1-2H3,(H2,28,30,31,32). The summed E-state index contributed by atoms with van der Waals surface area (Å²) in [6.07, 6.45) is 4.59. The number of anilines is 2. The smallest absolute Gasteiger partial charge is 0.223 e. The van der Waals surface area contributed by atoms with E-state index in [-0.39, 0.29) is 6.29 Å². The number of fused-ring (bicyclic) bond motifs is 1. The highest BCUT2D eigenvalue weighted by Crippen LogP contribution is 2.34. The molecule has 4 heterocycles. The Hall–Kier alpha value is -3.63. The van der Waals surface area contributed by atoms with Gasteiger partial charge >= 0.3 is 0 Å². The molecule has 1 fully saturated rings. The Kier molecular flexibility index (Phi) is 7.06. The lowest BCUT2D eigenvalue weighted by atomic mass is 10.0. The molecule has 3 aromatic heterocycles. The maximum atomic E-state index is 6.23. The summed E-state index contributed by atoms with van der Waals surface area (Å²) in [4.78, 5) is 25.7. The normalized spacial score (nSPS) is 14.6. The summed E-state index contributed by atoms with van der Waals surface area (Å²) in [5.74, 6) is 1.32. The molecule has 0 saturated carbocycles. The van der Waals surface area contributed by atoms with Crippen molar-refractivity contribution < 1.29 is 9.57 Å². The van der Waals surface area contributed by atoms with Gasteiger partial charge in [0, 0.05) is 56.2 Å². The van der Waals surface area contributed by atoms with Crippen LogP contribution in [0, 0.1) is 0 Å². The Morgan fingerprint density at radius 2 is 1.89 bits per heavy atom. The molecule has 9 nitrogen and oxygen atoms in total. The molecule has 0 aliphatic carbocycles. The number of nitrogen functional groups attached to an aromatic ring is 1. The van der Waals surface area contributed by atoms with Crippen molar-refractivity contribution in [2.24, 2.45) is 5.16 Å². The van der Waals surface area contributed by atoms with Crippen molar-refractivity contribution in [1.29, 1.82) is 0 Å². The SMILES string of the molecule is COC(C)ON=C1CCN(c2ccc(-c3cc(-c4cccc(Br)c4)c4c(N)ncnc4n3)cn2)CC1. The first kappa shape index (κ1) is 24.1. The summed E-state index contributed by atoms with van der Waals surface area (Å²) in [6.45, 7) is 3.47. The average molecular weight is 548 g/mol. The number of benzene rings is 1. The van der Waals surface area contributed by atoms with E-state index < -0.39 is 0 Å². The van der Waals surface area contributed by atoms with Crippen LogP contribution < -0.4 is 10.6 Å². The van der Waals surface area contributed by atoms with Crippen LogP contribution in [0.25, 0.3) is 33.4 Å². The van der Waals surface area contributed by atoms with Crippen LogP contribution in [0.1, 0.15) is 19.8 Å². The van der Waals surface area contributed by atoms with Crippen molar-refractivity contribution in [2.75, 3.05) is 30.8 Å². The fourth-order valence-electron chi connectivity index (χ4n) is 4.12. The summed E-state index contributed by atoms with van der Waals surface area (Å²) in [6, 6.07) is 14.1. The molecule has 5 rings (SSSR count). The minimum Gasteiger partial charge on any atom is -0.383 e. The number of nitrogens with zero attached hydrogens (tertiary/aromatic N) is 6. The molecule has 1 aliphatic rings. The maximum absolute atomic E-state index is 6.23. The number of nitrogens with two attached hydrogens (primary N) is 1. The second-order valence-electron chi connectivity index (χ2n) is 8.48. The molecule has 10 heteroatoms. The zero-order valence-electron chi connectivity index (χ0n) is 20.1. The number of methoxy groups -OCH3 is 1. The van der Waals surface area contributed by atoms with Crippen LogP contribution in [0.2, 0.25) is 0 Å². The molecule has 36 heavy (non-hydrogen) atoms. The molecule has 0 amide bonds. The number of aromatic nitrogens is 4. The predicted octanol–water partition coefficient (Wildman–Crippen LogP) is 5.06. The third kappa shape index (κ3) is 5.14. The Balaban J connectivity index is 1.41. The monoisotopic (exact) mass is 547 g/mol. The quantitative estimate of drug-likeness (QED) is 0.263. The molecule has 2 N–H and O–H groups in total. The molecule has 0 radical (unpaired) electrons. The van der Waals surface area contributed by atoms with Gasteiger partial charge in [-0.3, -0.25) is 0 Å². The first-order chi connectivity index (χ1) is 17.5. The van der Waals surface area contributed by atoms with Gasteiger partial charge in [-0.25, -0.2) is 19.9 Å². The lowest BCUT2D eigenvalue weighted by Gasteiger charge is -2.28. The van der Waals surface area contributed by atoms with Crippen LogP contribution in [-0.2, 0) is 9.57 Å². The minimum atomic E-state index is -0.347. The van der Waals surface area contributed by atoms with Crippen molar-refractivity contribution in [3.05, 3.63) is 59.5 Å². The van der Waals surface area contributed by atoms with E-state index in [0.717, 1.165) is 69.7 Å². The van der Waals surface area contributed by atoms with Gasteiger partial charge in [0.15, 0.2) is 5.65 Å². The fraction of sp³-hybridized carbons (Fsp3) is 0.269. The third-order valence-corrected chi connectivity index (χ3v) is 6.63. The van der Waals surface area contributed by atoms with E-state index in [1.807, 2.05) is 55.6 Å². The van der Waals surface area contributed by atoms with Crippen LogP contribution >= 0.6 is 15.9 Å². The Morgan fingerprint density at radius 1 is 1.06 bits per heavy atom. The second-order valence-corrected chi connectivity index (χ2v) is 9.40. The van der Waals surface area contributed by atoms with Gasteiger partial charge < -0.3 is 20.2 Å². The molecule has 1 atom stereocenters. The fourth-order valence-corrected chi connectivity index (χ4v) is 4.52. The number of pyridine rings is 2. The van der Waals surface area contributed by atoms with E-state index in [0.29, 0.717) is 11.5 Å². The van der Waals surface area contributed by atoms with Crippen LogP contribution in [0.5, 0.6) is 0 Å². The highest BCUT2D eigenvalue weighted by molar-refractivity contribution is 9.10. The first-order valence-corrected chi connectivity index (χ1v) is 12.4. The maximum Gasteiger partial charge on any atom is 0.223 e. The highest BCUT2D eigenvalue weighted by atomic mass is 79.9. The Bertz CT molecular complexity index is 1400. The molecule has 0 spiro atoms. The molecule has 1 aromatic carbocycles. The van der Waals surface area contributed by atoms with Gasteiger partial charge in [-0.05, 0) is 41.5 Å². The topological polar surface area (TPSA) is 112 Å². The van der Waals surface area contributed by atoms with E-state index in [9.17, 15) is 0 Å². The van der Waals surface area contributed by atoms with Gasteiger partial charge in [0.1, 0.15) is 18.0 Å². The predicted molar refractivity (Wildman–Crippen MR) is 145 cm³/mol. The van der Waals surface area contributed by atoms with E-state index in [4.69, 9.17) is 25.3 Å². The molecule has 1 aliphatic heterocycles. The van der Waals surface area contributed by atoms with Gasteiger partial charge in [0.2, 0.25) is 6.29 Å². The van der Waals surface area contributed by atoms with E-state index in [1.165, 1.54) is 6.33 Å². The highest BCUT2D eigenvalue weighted by Gasteiger charge is 2.18. The first-order valence-electron chi connectivity index (χ1n) is 11.6. The molecular formula is C26H26BrN7O2. The van der Waals surface area contributed by atoms with Crippen LogP contribution in [-0.4, -0.2) is 52.1 Å². The zero-order valence-corrected chi connectivity index (χ0v) is 21.6. The minimum absolute atomic E-state index is 0.347. The lowest BCUT2D eigenvalue weighted by molar-refractivity contribution is -0.110. The van der Waals surface area contributed by atoms with Crippen molar-refractivity contribution in [1.82, 2.24) is 19.9 Å². The summed E-state index contributed by atoms with van der Waals surface area (Å²) in [5, 5.41) is 4.95. The number of oxime groups is 1.